The van der Waals surface area contributed by atoms with Crippen molar-refractivity contribution in [2.24, 2.45) is 5.92 Å². The van der Waals surface area contributed by atoms with Crippen molar-refractivity contribution in [1.29, 1.82) is 0 Å². The molecular formula is C28H29ClFN3O2. The molecule has 3 aromatic rings. The number of nitrogens with zero attached hydrogens (tertiary/aromatic N) is 2. The van der Waals surface area contributed by atoms with E-state index in [1.165, 1.54) is 11.6 Å². The molecule has 0 saturated carbocycles. The first-order chi connectivity index (χ1) is 17.0. The number of ether oxygens (including phenoxy) is 1. The van der Waals surface area contributed by atoms with E-state index in [0.717, 1.165) is 48.2 Å². The molecule has 35 heavy (non-hydrogen) atoms. The van der Waals surface area contributed by atoms with Crippen molar-refractivity contribution in [1.82, 2.24) is 10.2 Å². The lowest BCUT2D eigenvalue weighted by Gasteiger charge is -2.49. The molecule has 0 unspecified atom stereocenters. The second-order valence-electron chi connectivity index (χ2n) is 9.24. The highest BCUT2D eigenvalue weighted by atomic mass is 35.5. The maximum absolute atomic E-state index is 14.1. The molecule has 0 spiro atoms. The first-order valence-electron chi connectivity index (χ1n) is 11.9. The first-order valence-corrected chi connectivity index (χ1v) is 12.3. The number of carbonyl (C=O) groups excluding carboxylic acids is 1. The van der Waals surface area contributed by atoms with Crippen LogP contribution in [0.2, 0.25) is 5.02 Å². The van der Waals surface area contributed by atoms with Crippen LogP contribution in [0, 0.1) is 11.7 Å². The Morgan fingerprint density at radius 2 is 1.91 bits per heavy atom. The summed E-state index contributed by atoms with van der Waals surface area (Å²) in [7, 11) is 1.67. The van der Waals surface area contributed by atoms with Gasteiger partial charge in [-0.3, -0.25) is 9.69 Å². The molecule has 5 nitrogen and oxygen atoms in total. The smallest absolute Gasteiger partial charge is 0.225 e. The molecule has 0 aliphatic carbocycles. The molecule has 2 heterocycles. The number of amides is 1. The zero-order valence-electron chi connectivity index (χ0n) is 19.7. The number of benzene rings is 3. The van der Waals surface area contributed by atoms with Crippen LogP contribution in [0.3, 0.4) is 0 Å². The normalized spacial score (nSPS) is 19.6. The molecule has 2 aliphatic rings. The highest BCUT2D eigenvalue weighted by Gasteiger charge is 2.41. The van der Waals surface area contributed by atoms with E-state index in [0.29, 0.717) is 12.0 Å². The number of nitrogens with one attached hydrogen (secondary N) is 1. The van der Waals surface area contributed by atoms with Gasteiger partial charge in [-0.2, -0.15) is 0 Å². The number of carbonyl (C=O) groups is 1. The van der Waals surface area contributed by atoms with Crippen LogP contribution in [0.1, 0.15) is 16.7 Å². The third kappa shape index (κ3) is 5.14. The summed E-state index contributed by atoms with van der Waals surface area (Å²) in [5.74, 6) is 0.226. The lowest BCUT2D eigenvalue weighted by atomic mass is 9.83. The minimum Gasteiger partial charge on any atom is -0.497 e. The van der Waals surface area contributed by atoms with E-state index in [9.17, 15) is 9.18 Å². The van der Waals surface area contributed by atoms with Crippen molar-refractivity contribution in [3.8, 4) is 5.75 Å². The molecule has 5 rings (SSSR count). The van der Waals surface area contributed by atoms with E-state index < -0.39 is 0 Å². The van der Waals surface area contributed by atoms with Gasteiger partial charge in [0.1, 0.15) is 11.6 Å². The number of fused-ring (bicyclic) bond motifs is 3. The maximum atomic E-state index is 14.1. The van der Waals surface area contributed by atoms with Gasteiger partial charge in [0.2, 0.25) is 5.91 Å². The second-order valence-corrected chi connectivity index (χ2v) is 9.67. The molecule has 0 bridgehead atoms. The van der Waals surface area contributed by atoms with Crippen molar-refractivity contribution >= 4 is 23.2 Å². The van der Waals surface area contributed by atoms with Crippen molar-refractivity contribution < 1.29 is 13.9 Å². The summed E-state index contributed by atoms with van der Waals surface area (Å²) in [6, 6.07) is 20.6. The minimum absolute atomic E-state index is 0.0104. The fraction of sp³-hybridized carbons (Fsp3) is 0.321. The molecule has 0 radical (unpaired) electrons. The van der Waals surface area contributed by atoms with Crippen LogP contribution in [-0.2, 0) is 24.3 Å². The van der Waals surface area contributed by atoms with E-state index in [4.69, 9.17) is 16.3 Å². The minimum atomic E-state index is -0.303. The average Bonchev–Trinajstić information content (AvgIpc) is 2.88. The molecule has 0 aromatic heterocycles. The fourth-order valence-electron chi connectivity index (χ4n) is 5.21. The molecule has 1 N–H and O–H groups in total. The Morgan fingerprint density at radius 1 is 1.11 bits per heavy atom. The van der Waals surface area contributed by atoms with Crippen LogP contribution in [0.25, 0.3) is 0 Å². The highest BCUT2D eigenvalue weighted by molar-refractivity contribution is 6.30. The van der Waals surface area contributed by atoms with Gasteiger partial charge in [-0.25, -0.2) is 4.39 Å². The van der Waals surface area contributed by atoms with E-state index >= 15 is 0 Å². The largest absolute Gasteiger partial charge is 0.497 e. The monoisotopic (exact) mass is 493 g/mol. The SMILES string of the molecule is COc1ccc2c(c1)N1CCN(Cc3ccc(Cl)cc3)C[C@@H]1[C@@H](C(=O)NCc1ccccc1F)C2. The number of rotatable bonds is 6. The number of piperazine rings is 1. The Kier molecular flexibility index (Phi) is 6.93. The van der Waals surface area contributed by atoms with Gasteiger partial charge in [0.25, 0.3) is 0 Å². The lowest BCUT2D eigenvalue weighted by Crippen LogP contribution is -2.60. The molecule has 1 fully saturated rings. The van der Waals surface area contributed by atoms with Gasteiger partial charge in [0.05, 0.1) is 19.1 Å². The molecule has 1 amide bonds. The summed E-state index contributed by atoms with van der Waals surface area (Å²) in [5, 5.41) is 3.73. The van der Waals surface area contributed by atoms with Crippen LogP contribution >= 0.6 is 11.6 Å². The van der Waals surface area contributed by atoms with E-state index in [1.54, 1.807) is 25.3 Å². The zero-order chi connectivity index (χ0) is 24.4. The van der Waals surface area contributed by atoms with Gasteiger partial charge in [0.15, 0.2) is 0 Å². The van der Waals surface area contributed by atoms with Gasteiger partial charge in [-0.05, 0) is 41.8 Å². The predicted octanol–water partition coefficient (Wildman–Crippen LogP) is 4.67. The molecule has 2 aliphatic heterocycles. The van der Waals surface area contributed by atoms with Crippen molar-refractivity contribution in [3.05, 3.63) is 94.3 Å². The molecule has 2 atom stereocenters. The van der Waals surface area contributed by atoms with Crippen LogP contribution in [0.15, 0.2) is 66.7 Å². The quantitative estimate of drug-likeness (QED) is 0.542. The molecule has 1 saturated heterocycles. The molecular weight excluding hydrogens is 465 g/mol. The average molecular weight is 494 g/mol. The second kappa shape index (κ2) is 10.3. The number of hydrogen-bond donors (Lipinski definition) is 1. The van der Waals surface area contributed by atoms with Crippen molar-refractivity contribution in [2.75, 3.05) is 31.6 Å². The zero-order valence-corrected chi connectivity index (χ0v) is 20.5. The summed E-state index contributed by atoms with van der Waals surface area (Å²) in [4.78, 5) is 18.2. The van der Waals surface area contributed by atoms with E-state index in [-0.39, 0.29) is 30.2 Å². The fourth-order valence-corrected chi connectivity index (χ4v) is 5.34. The maximum Gasteiger partial charge on any atom is 0.225 e. The van der Waals surface area contributed by atoms with Crippen molar-refractivity contribution in [3.63, 3.8) is 0 Å². The summed E-state index contributed by atoms with van der Waals surface area (Å²) in [6.45, 7) is 3.45. The number of anilines is 1. The molecule has 3 aromatic carbocycles. The third-order valence-electron chi connectivity index (χ3n) is 7.08. The number of methoxy groups -OCH3 is 1. The summed E-state index contributed by atoms with van der Waals surface area (Å²) in [5.41, 5.74) is 3.96. The molecule has 7 heteroatoms. The lowest BCUT2D eigenvalue weighted by molar-refractivity contribution is -0.126. The van der Waals surface area contributed by atoms with Crippen LogP contribution in [0.5, 0.6) is 5.75 Å². The predicted molar refractivity (Wildman–Crippen MR) is 136 cm³/mol. The van der Waals surface area contributed by atoms with E-state index in [1.807, 2.05) is 30.3 Å². The van der Waals surface area contributed by atoms with Crippen LogP contribution < -0.4 is 15.0 Å². The Balaban J connectivity index is 1.38. The summed E-state index contributed by atoms with van der Waals surface area (Å²) < 4.78 is 19.6. The van der Waals surface area contributed by atoms with Gasteiger partial charge >= 0.3 is 0 Å². The van der Waals surface area contributed by atoms with Crippen LogP contribution in [0.4, 0.5) is 10.1 Å². The number of halogens is 2. The third-order valence-corrected chi connectivity index (χ3v) is 7.33. The Bertz CT molecular complexity index is 1200. The Labute approximate surface area is 210 Å². The van der Waals surface area contributed by atoms with E-state index in [2.05, 4.69) is 27.2 Å². The number of hydrogen-bond acceptors (Lipinski definition) is 4. The van der Waals surface area contributed by atoms with Gasteiger partial charge in [-0.1, -0.05) is 48.0 Å². The van der Waals surface area contributed by atoms with Gasteiger partial charge < -0.3 is 15.0 Å². The van der Waals surface area contributed by atoms with Gasteiger partial charge in [0, 0.05) is 55.1 Å². The Morgan fingerprint density at radius 3 is 2.69 bits per heavy atom. The molecule has 182 valence electrons. The van der Waals surface area contributed by atoms with Crippen LogP contribution in [-0.4, -0.2) is 43.6 Å². The van der Waals surface area contributed by atoms with Crippen molar-refractivity contribution in [2.45, 2.75) is 25.6 Å². The topological polar surface area (TPSA) is 44.8 Å². The summed E-state index contributed by atoms with van der Waals surface area (Å²) >= 11 is 6.06. The summed E-state index contributed by atoms with van der Waals surface area (Å²) in [6.07, 6.45) is 0.637. The first kappa shape index (κ1) is 23.6. The standard InChI is InChI=1S/C28H29ClFN3O2/c1-35-23-11-8-20-14-24(28(34)31-16-21-4-2-3-5-25(21)30)27-18-32(12-13-33(27)26(20)15-23)17-19-6-9-22(29)10-7-19/h2-11,15,24,27H,12-14,16-18H2,1H3,(H,31,34)/t24-,27+/m0/s1. The Hall–Kier alpha value is -3.09. The van der Waals surface area contributed by atoms with Gasteiger partial charge in [-0.15, -0.1) is 0 Å². The highest BCUT2D eigenvalue weighted by Crippen LogP contribution is 2.38.